The molecule has 28 heavy (non-hydrogen) atoms. The molecule has 0 saturated carbocycles. The average Bonchev–Trinajstić information content (AvgIpc) is 3.26. The van der Waals surface area contributed by atoms with E-state index < -0.39 is 5.91 Å². The van der Waals surface area contributed by atoms with Crippen molar-refractivity contribution in [2.24, 2.45) is 0 Å². The normalized spacial score (nSPS) is 11.1. The molecule has 3 rings (SSSR count). The molecule has 2 amide bonds. The minimum Gasteiger partial charge on any atom is -0.467 e. The molecule has 1 heterocycles. The van der Waals surface area contributed by atoms with Gasteiger partial charge in [0.2, 0.25) is 0 Å². The van der Waals surface area contributed by atoms with Crippen molar-refractivity contribution in [2.75, 3.05) is 6.26 Å². The van der Waals surface area contributed by atoms with Crippen molar-refractivity contribution in [3.8, 4) is 0 Å². The Bertz CT molecular complexity index is 949. The quantitative estimate of drug-likeness (QED) is 0.469. The highest BCUT2D eigenvalue weighted by atomic mass is 32.2. The third kappa shape index (κ3) is 5.37. The minimum atomic E-state index is -0.394. The molecule has 3 aromatic rings. The van der Waals surface area contributed by atoms with Crippen molar-refractivity contribution < 1.29 is 14.0 Å². The molecule has 0 aliphatic carbocycles. The van der Waals surface area contributed by atoms with Gasteiger partial charge in [-0.25, -0.2) is 0 Å². The summed E-state index contributed by atoms with van der Waals surface area (Å²) in [5.74, 6) is -0.109. The van der Waals surface area contributed by atoms with Crippen LogP contribution in [0.2, 0.25) is 0 Å². The number of hydrogen-bond donors (Lipinski definition) is 2. The Morgan fingerprint density at radius 1 is 1.00 bits per heavy atom. The van der Waals surface area contributed by atoms with Crippen LogP contribution in [0.15, 0.2) is 88.0 Å². The van der Waals surface area contributed by atoms with Crippen LogP contribution in [0.25, 0.3) is 6.08 Å². The zero-order chi connectivity index (χ0) is 19.8. The van der Waals surface area contributed by atoms with Gasteiger partial charge in [0.25, 0.3) is 11.8 Å². The molecule has 1 aromatic heterocycles. The van der Waals surface area contributed by atoms with Gasteiger partial charge in [-0.1, -0.05) is 30.3 Å². The molecule has 0 aliphatic heterocycles. The van der Waals surface area contributed by atoms with Crippen molar-refractivity contribution >= 4 is 29.7 Å². The molecule has 0 atom stereocenters. The van der Waals surface area contributed by atoms with Crippen LogP contribution in [0.1, 0.15) is 21.7 Å². The summed E-state index contributed by atoms with van der Waals surface area (Å²) in [6.45, 7) is 0.232. The van der Waals surface area contributed by atoms with Crippen LogP contribution >= 0.6 is 11.8 Å². The van der Waals surface area contributed by atoms with Gasteiger partial charge < -0.3 is 15.1 Å². The Hall–Kier alpha value is -3.25. The summed E-state index contributed by atoms with van der Waals surface area (Å²) in [7, 11) is 0. The summed E-state index contributed by atoms with van der Waals surface area (Å²) in [5, 5.41) is 5.48. The highest BCUT2D eigenvalue weighted by Gasteiger charge is 2.15. The monoisotopic (exact) mass is 392 g/mol. The number of hydrogen-bond acceptors (Lipinski definition) is 4. The average molecular weight is 392 g/mol. The van der Waals surface area contributed by atoms with E-state index in [1.807, 2.05) is 36.6 Å². The molecule has 0 radical (unpaired) electrons. The van der Waals surface area contributed by atoms with Gasteiger partial charge >= 0.3 is 0 Å². The number of thioether (sulfide) groups is 1. The van der Waals surface area contributed by atoms with E-state index >= 15 is 0 Å². The first kappa shape index (κ1) is 19.5. The summed E-state index contributed by atoms with van der Waals surface area (Å²) in [5.41, 5.74) is 1.46. The van der Waals surface area contributed by atoms with Crippen molar-refractivity contribution in [3.63, 3.8) is 0 Å². The fraction of sp³-hybridized carbons (Fsp3) is 0.0909. The number of nitrogens with one attached hydrogen (secondary N) is 2. The Morgan fingerprint density at radius 2 is 1.75 bits per heavy atom. The van der Waals surface area contributed by atoms with Crippen LogP contribution in [-0.4, -0.2) is 18.1 Å². The number of carbonyl (C=O) groups excluding carboxylic acids is 2. The Balaban J connectivity index is 1.80. The van der Waals surface area contributed by atoms with Crippen LogP contribution in [0.5, 0.6) is 0 Å². The second-order valence-corrected chi connectivity index (χ2v) is 6.79. The van der Waals surface area contributed by atoms with Gasteiger partial charge in [0, 0.05) is 10.5 Å². The van der Waals surface area contributed by atoms with Crippen LogP contribution < -0.4 is 10.6 Å². The summed E-state index contributed by atoms with van der Waals surface area (Å²) in [6, 6.07) is 20.0. The molecular formula is C22H20N2O3S. The van der Waals surface area contributed by atoms with E-state index in [9.17, 15) is 9.59 Å². The highest BCUT2D eigenvalue weighted by Crippen LogP contribution is 2.16. The van der Waals surface area contributed by atoms with Crippen molar-refractivity contribution in [2.45, 2.75) is 11.4 Å². The lowest BCUT2D eigenvalue weighted by molar-refractivity contribution is -0.118. The van der Waals surface area contributed by atoms with Gasteiger partial charge in [0.1, 0.15) is 11.5 Å². The molecule has 0 fully saturated rings. The number of benzene rings is 2. The highest BCUT2D eigenvalue weighted by molar-refractivity contribution is 7.98. The fourth-order valence-electron chi connectivity index (χ4n) is 2.48. The molecule has 6 heteroatoms. The van der Waals surface area contributed by atoms with Crippen LogP contribution in [0.3, 0.4) is 0 Å². The number of rotatable bonds is 7. The predicted molar refractivity (Wildman–Crippen MR) is 111 cm³/mol. The van der Waals surface area contributed by atoms with Crippen LogP contribution in [0, 0.1) is 0 Å². The molecular weight excluding hydrogens is 372 g/mol. The van der Waals surface area contributed by atoms with Gasteiger partial charge in [0.15, 0.2) is 0 Å². The number of furan rings is 1. The summed E-state index contributed by atoms with van der Waals surface area (Å²) < 4.78 is 5.23. The molecule has 0 spiro atoms. The van der Waals surface area contributed by atoms with E-state index in [0.29, 0.717) is 11.3 Å². The summed E-state index contributed by atoms with van der Waals surface area (Å²) in [4.78, 5) is 26.3. The summed E-state index contributed by atoms with van der Waals surface area (Å²) >= 11 is 1.64. The van der Waals surface area contributed by atoms with Gasteiger partial charge in [-0.3, -0.25) is 9.59 Å². The van der Waals surface area contributed by atoms with Gasteiger partial charge in [-0.15, -0.1) is 11.8 Å². The largest absolute Gasteiger partial charge is 0.467 e. The van der Waals surface area contributed by atoms with E-state index in [-0.39, 0.29) is 18.1 Å². The lowest BCUT2D eigenvalue weighted by atomic mass is 10.1. The molecule has 0 bridgehead atoms. The Morgan fingerprint density at radius 3 is 2.39 bits per heavy atom. The lowest BCUT2D eigenvalue weighted by Crippen LogP contribution is -2.34. The lowest BCUT2D eigenvalue weighted by Gasteiger charge is -2.11. The topological polar surface area (TPSA) is 71.3 Å². The molecule has 0 saturated heterocycles. The standard InChI is InChI=1S/C22H20N2O3S/c1-28-19-11-9-16(10-12-19)14-20(22(26)23-15-18-8-5-13-27-18)24-21(25)17-6-3-2-4-7-17/h2-14H,15H2,1H3,(H,23,26)(H,24,25)/b20-14-. The molecule has 5 nitrogen and oxygen atoms in total. The Kier molecular flexibility index (Phi) is 6.70. The van der Waals surface area contributed by atoms with E-state index in [1.165, 1.54) is 0 Å². The number of amides is 2. The van der Waals surface area contributed by atoms with Crippen LogP contribution in [0.4, 0.5) is 0 Å². The maximum atomic E-state index is 12.7. The third-order valence-electron chi connectivity index (χ3n) is 3.96. The molecule has 0 unspecified atom stereocenters. The smallest absolute Gasteiger partial charge is 0.268 e. The zero-order valence-electron chi connectivity index (χ0n) is 15.3. The second kappa shape index (κ2) is 9.62. The van der Waals surface area contributed by atoms with Crippen molar-refractivity contribution in [3.05, 3.63) is 95.6 Å². The minimum absolute atomic E-state index is 0.164. The maximum Gasteiger partial charge on any atom is 0.268 e. The predicted octanol–water partition coefficient (Wildman–Crippen LogP) is 4.09. The first-order chi connectivity index (χ1) is 13.7. The van der Waals surface area contributed by atoms with Crippen molar-refractivity contribution in [1.29, 1.82) is 0 Å². The van der Waals surface area contributed by atoms with Gasteiger partial charge in [0.05, 0.1) is 12.8 Å². The van der Waals surface area contributed by atoms with Crippen molar-refractivity contribution in [1.82, 2.24) is 10.6 Å². The van der Waals surface area contributed by atoms with E-state index in [1.54, 1.807) is 60.5 Å². The van der Waals surface area contributed by atoms with E-state index in [4.69, 9.17) is 4.42 Å². The maximum absolute atomic E-state index is 12.7. The first-order valence-electron chi connectivity index (χ1n) is 8.68. The number of carbonyl (C=O) groups is 2. The van der Waals surface area contributed by atoms with E-state index in [0.717, 1.165) is 10.5 Å². The molecule has 2 aromatic carbocycles. The fourth-order valence-corrected chi connectivity index (χ4v) is 2.89. The molecule has 2 N–H and O–H groups in total. The Labute approximate surface area is 167 Å². The molecule has 0 aliphatic rings. The second-order valence-electron chi connectivity index (χ2n) is 5.91. The third-order valence-corrected chi connectivity index (χ3v) is 4.70. The SMILES string of the molecule is CSc1ccc(/C=C(\NC(=O)c2ccccc2)C(=O)NCc2ccco2)cc1. The first-order valence-corrected chi connectivity index (χ1v) is 9.91. The molecule has 142 valence electrons. The van der Waals surface area contributed by atoms with Gasteiger partial charge in [-0.2, -0.15) is 0 Å². The van der Waals surface area contributed by atoms with E-state index in [2.05, 4.69) is 10.6 Å². The zero-order valence-corrected chi connectivity index (χ0v) is 16.2. The summed E-state index contributed by atoms with van der Waals surface area (Å²) in [6.07, 6.45) is 5.20. The van der Waals surface area contributed by atoms with Gasteiger partial charge in [-0.05, 0) is 54.3 Å². The van der Waals surface area contributed by atoms with Crippen LogP contribution in [-0.2, 0) is 11.3 Å².